The molecule has 0 radical (unpaired) electrons. The molecule has 0 spiro atoms. The van der Waals surface area contributed by atoms with Crippen LogP contribution in [0.15, 0.2) is 59.8 Å². The molecule has 38 heavy (non-hydrogen) atoms. The van der Waals surface area contributed by atoms with Crippen molar-refractivity contribution in [2.45, 2.75) is 43.9 Å². The quantitative estimate of drug-likeness (QED) is 0.389. The van der Waals surface area contributed by atoms with Gasteiger partial charge in [-0.3, -0.25) is 4.79 Å². The number of likely N-dealkylation sites (tertiary alicyclic amines) is 1. The normalized spacial score (nSPS) is 17.6. The molecular formula is C29H32FN3O5. The van der Waals surface area contributed by atoms with Gasteiger partial charge in [-0.15, -0.1) is 4.91 Å². The third-order valence-electron chi connectivity index (χ3n) is 7.27. The van der Waals surface area contributed by atoms with E-state index < -0.39 is 24.1 Å². The van der Waals surface area contributed by atoms with E-state index in [2.05, 4.69) is 15.4 Å². The van der Waals surface area contributed by atoms with E-state index in [1.54, 1.807) is 24.3 Å². The second kappa shape index (κ2) is 11.9. The Morgan fingerprint density at radius 3 is 2.53 bits per heavy atom. The van der Waals surface area contributed by atoms with E-state index in [0.29, 0.717) is 43.2 Å². The minimum Gasteiger partial charge on any atom is -0.486 e. The molecule has 3 atom stereocenters. The Labute approximate surface area is 220 Å². The number of rotatable bonds is 10. The Bertz CT molecular complexity index is 1300. The molecule has 2 aliphatic rings. The highest BCUT2D eigenvalue weighted by atomic mass is 19.1. The Kier molecular flexibility index (Phi) is 8.14. The Morgan fingerprint density at radius 2 is 1.74 bits per heavy atom. The molecule has 1 amide bonds. The zero-order valence-corrected chi connectivity index (χ0v) is 21.1. The minimum absolute atomic E-state index is 0.221. The summed E-state index contributed by atoms with van der Waals surface area (Å²) in [6.45, 7) is 3.14. The van der Waals surface area contributed by atoms with Gasteiger partial charge < -0.3 is 24.8 Å². The van der Waals surface area contributed by atoms with Crippen LogP contribution in [0, 0.1) is 10.7 Å². The smallest absolute Gasteiger partial charge is 0.248 e. The van der Waals surface area contributed by atoms with E-state index in [1.807, 2.05) is 18.2 Å². The average molecular weight is 522 g/mol. The predicted molar refractivity (Wildman–Crippen MR) is 142 cm³/mol. The number of benzene rings is 3. The number of nitrogens with one attached hydrogen (secondary N) is 1. The molecule has 0 aromatic heterocycles. The van der Waals surface area contributed by atoms with E-state index in [-0.39, 0.29) is 12.2 Å². The summed E-state index contributed by atoms with van der Waals surface area (Å²) in [4.78, 5) is 27.1. The number of aryl methyl sites for hydroxylation is 1. The van der Waals surface area contributed by atoms with Gasteiger partial charge in [-0.25, -0.2) is 4.39 Å². The lowest BCUT2D eigenvalue weighted by atomic mass is 9.99. The van der Waals surface area contributed by atoms with Crippen LogP contribution >= 0.6 is 0 Å². The van der Waals surface area contributed by atoms with Crippen molar-refractivity contribution >= 4 is 16.7 Å². The largest absolute Gasteiger partial charge is 0.486 e. The summed E-state index contributed by atoms with van der Waals surface area (Å²) >= 11 is 0. The van der Waals surface area contributed by atoms with Gasteiger partial charge in [-0.05, 0) is 84.9 Å². The number of nitrogens with zero attached hydrogens (tertiary/aromatic N) is 2. The lowest BCUT2D eigenvalue weighted by Crippen LogP contribution is -2.49. The molecule has 2 aliphatic heterocycles. The van der Waals surface area contributed by atoms with Crippen molar-refractivity contribution < 1.29 is 23.8 Å². The van der Waals surface area contributed by atoms with Crippen LogP contribution in [0.4, 0.5) is 4.39 Å². The third kappa shape index (κ3) is 6.11. The van der Waals surface area contributed by atoms with E-state index in [1.165, 1.54) is 12.1 Å². The number of hydrogen-bond donors (Lipinski definition) is 2. The standard InChI is InChI=1S/C29H32FN3O5/c30-23-8-6-20-15-19(3-5-21(20)16-23)4-9-24(32-36)29(35)31-25(18-33-11-1-2-12-33)28(34)22-7-10-26-27(17-22)38-14-13-37-26/h3,5-8,10,15-17,24-25,28,34H,1-2,4,9,11-14,18H2,(H,31,35). The fourth-order valence-electron chi connectivity index (χ4n) is 5.18. The van der Waals surface area contributed by atoms with Gasteiger partial charge in [0.15, 0.2) is 17.5 Å². The van der Waals surface area contributed by atoms with E-state index >= 15 is 0 Å². The number of fused-ring (bicyclic) bond motifs is 2. The van der Waals surface area contributed by atoms with E-state index in [9.17, 15) is 19.2 Å². The molecule has 0 aliphatic carbocycles. The Hall–Kier alpha value is -3.56. The minimum atomic E-state index is -1.10. The molecule has 1 saturated heterocycles. The van der Waals surface area contributed by atoms with Gasteiger partial charge in [0.25, 0.3) is 0 Å². The van der Waals surface area contributed by atoms with Crippen LogP contribution < -0.4 is 14.8 Å². The number of amides is 1. The van der Waals surface area contributed by atoms with E-state index in [4.69, 9.17) is 9.47 Å². The van der Waals surface area contributed by atoms with Crippen molar-refractivity contribution in [3.05, 3.63) is 76.4 Å². The zero-order valence-electron chi connectivity index (χ0n) is 21.1. The van der Waals surface area contributed by atoms with Crippen molar-refractivity contribution in [2.75, 3.05) is 32.8 Å². The maximum Gasteiger partial charge on any atom is 0.248 e. The summed E-state index contributed by atoms with van der Waals surface area (Å²) in [6, 6.07) is 13.7. The molecule has 5 rings (SSSR count). The summed E-state index contributed by atoms with van der Waals surface area (Å²) in [5.74, 6) is 0.374. The highest BCUT2D eigenvalue weighted by molar-refractivity contribution is 5.83. The Morgan fingerprint density at radius 1 is 1.00 bits per heavy atom. The first kappa shape index (κ1) is 26.1. The number of aliphatic hydroxyl groups excluding tert-OH is 1. The molecule has 3 aromatic rings. The fourth-order valence-corrected chi connectivity index (χ4v) is 5.18. The molecular weight excluding hydrogens is 489 g/mol. The fraction of sp³-hybridized carbons (Fsp3) is 0.414. The molecule has 3 aromatic carbocycles. The molecule has 0 saturated carbocycles. The lowest BCUT2D eigenvalue weighted by molar-refractivity contribution is -0.124. The second-order valence-corrected chi connectivity index (χ2v) is 9.96. The number of ether oxygens (including phenoxy) is 2. The van der Waals surface area contributed by atoms with Gasteiger partial charge >= 0.3 is 0 Å². The van der Waals surface area contributed by atoms with Gasteiger partial charge in [0, 0.05) is 6.54 Å². The molecule has 200 valence electrons. The summed E-state index contributed by atoms with van der Waals surface area (Å²) in [5.41, 5.74) is 1.53. The van der Waals surface area contributed by atoms with Crippen molar-refractivity contribution in [2.24, 2.45) is 5.18 Å². The van der Waals surface area contributed by atoms with Crippen LogP contribution in [0.5, 0.6) is 11.5 Å². The SMILES string of the molecule is O=NC(CCc1ccc2cc(F)ccc2c1)C(=O)NC(CN1CCCC1)C(O)c1ccc2c(c1)OCCO2. The first-order valence-electron chi connectivity index (χ1n) is 13.1. The second-order valence-electron chi connectivity index (χ2n) is 9.96. The van der Waals surface area contributed by atoms with Gasteiger partial charge in [-0.2, -0.15) is 0 Å². The molecule has 0 bridgehead atoms. The van der Waals surface area contributed by atoms with Gasteiger partial charge in [0.1, 0.15) is 25.1 Å². The number of nitroso groups, excluding NO2 is 1. The van der Waals surface area contributed by atoms with Crippen molar-refractivity contribution in [1.29, 1.82) is 0 Å². The summed E-state index contributed by atoms with van der Waals surface area (Å²) < 4.78 is 24.7. The lowest BCUT2D eigenvalue weighted by Gasteiger charge is -2.30. The zero-order chi connectivity index (χ0) is 26.5. The van der Waals surface area contributed by atoms with Gasteiger partial charge in [-0.1, -0.05) is 35.5 Å². The monoisotopic (exact) mass is 521 g/mol. The molecule has 1 fully saturated rings. The highest BCUT2D eigenvalue weighted by Gasteiger charge is 2.30. The maximum atomic E-state index is 13.5. The third-order valence-corrected chi connectivity index (χ3v) is 7.27. The topological polar surface area (TPSA) is 100 Å². The van der Waals surface area contributed by atoms with Gasteiger partial charge in [0.2, 0.25) is 5.91 Å². The van der Waals surface area contributed by atoms with Crippen LogP contribution in [-0.4, -0.2) is 60.8 Å². The molecule has 2 N–H and O–H groups in total. The van der Waals surface area contributed by atoms with Crippen LogP contribution in [0.2, 0.25) is 0 Å². The van der Waals surface area contributed by atoms with E-state index in [0.717, 1.165) is 42.3 Å². The van der Waals surface area contributed by atoms with Crippen LogP contribution in [0.1, 0.15) is 36.5 Å². The highest BCUT2D eigenvalue weighted by Crippen LogP contribution is 2.33. The summed E-state index contributed by atoms with van der Waals surface area (Å²) in [5, 5.41) is 19.0. The number of carbonyl (C=O) groups is 1. The number of halogens is 1. The van der Waals surface area contributed by atoms with Crippen LogP contribution in [0.3, 0.4) is 0 Å². The van der Waals surface area contributed by atoms with Crippen LogP contribution in [-0.2, 0) is 11.2 Å². The molecule has 2 heterocycles. The first-order chi connectivity index (χ1) is 18.5. The van der Waals surface area contributed by atoms with Crippen LogP contribution in [0.25, 0.3) is 10.8 Å². The first-order valence-corrected chi connectivity index (χ1v) is 13.1. The number of carbonyl (C=O) groups excluding carboxylic acids is 1. The molecule has 9 heteroatoms. The van der Waals surface area contributed by atoms with Crippen molar-refractivity contribution in [3.63, 3.8) is 0 Å². The average Bonchev–Trinajstić information content (AvgIpc) is 3.45. The van der Waals surface area contributed by atoms with Crippen molar-refractivity contribution in [1.82, 2.24) is 10.2 Å². The summed E-state index contributed by atoms with van der Waals surface area (Å²) in [7, 11) is 0. The van der Waals surface area contributed by atoms with Gasteiger partial charge in [0.05, 0.1) is 6.04 Å². The van der Waals surface area contributed by atoms with Crippen molar-refractivity contribution in [3.8, 4) is 11.5 Å². The number of aliphatic hydroxyl groups is 1. The Balaban J connectivity index is 1.27. The molecule has 3 unspecified atom stereocenters. The molecule has 8 nitrogen and oxygen atoms in total. The number of hydrogen-bond acceptors (Lipinski definition) is 7. The maximum absolute atomic E-state index is 13.5. The summed E-state index contributed by atoms with van der Waals surface area (Å²) in [6.07, 6.45) is 1.80. The predicted octanol–water partition coefficient (Wildman–Crippen LogP) is 4.13.